The molecule has 2 aromatic heterocycles. The minimum atomic E-state index is -0.753. The molecule has 0 bridgehead atoms. The van der Waals surface area contributed by atoms with Crippen LogP contribution in [0.3, 0.4) is 0 Å². The van der Waals surface area contributed by atoms with Crippen molar-refractivity contribution in [3.8, 4) is 11.5 Å². The lowest BCUT2D eigenvalue weighted by Gasteiger charge is -2.15. The number of nitrogens with one attached hydrogen (secondary N) is 1. The van der Waals surface area contributed by atoms with E-state index in [1.165, 1.54) is 18.2 Å². The molecule has 2 heterocycles. The van der Waals surface area contributed by atoms with Crippen LogP contribution in [0.15, 0.2) is 82.7 Å². The number of rotatable bonds is 7. The third-order valence-electron chi connectivity index (χ3n) is 4.30. The van der Waals surface area contributed by atoms with Gasteiger partial charge in [0.05, 0.1) is 4.92 Å². The molecule has 0 saturated heterocycles. The van der Waals surface area contributed by atoms with Gasteiger partial charge in [-0.25, -0.2) is 0 Å². The second kappa shape index (κ2) is 9.58. The Hall–Kier alpha value is -3.76. The van der Waals surface area contributed by atoms with E-state index in [0.717, 1.165) is 11.8 Å². The molecule has 0 spiro atoms. The van der Waals surface area contributed by atoms with E-state index < -0.39 is 16.1 Å². The van der Waals surface area contributed by atoms with Gasteiger partial charge in [-0.05, 0) is 41.6 Å². The number of pyridine rings is 1. The highest BCUT2D eigenvalue weighted by Gasteiger charge is 2.26. The Morgan fingerprint density at radius 3 is 2.56 bits per heavy atom. The third kappa shape index (κ3) is 4.93. The van der Waals surface area contributed by atoms with Crippen LogP contribution in [0.25, 0.3) is 11.5 Å². The summed E-state index contributed by atoms with van der Waals surface area (Å²) < 4.78 is 5.71. The van der Waals surface area contributed by atoms with Crippen LogP contribution >= 0.6 is 23.4 Å². The van der Waals surface area contributed by atoms with Crippen LogP contribution in [0.2, 0.25) is 5.02 Å². The maximum atomic E-state index is 13.1. The highest BCUT2D eigenvalue weighted by Crippen LogP contribution is 2.37. The lowest BCUT2D eigenvalue weighted by molar-refractivity contribution is -0.384. The first kappa shape index (κ1) is 21.5. The van der Waals surface area contributed by atoms with Crippen molar-refractivity contribution in [3.05, 3.63) is 93.8 Å². The predicted molar refractivity (Wildman–Crippen MR) is 119 cm³/mol. The van der Waals surface area contributed by atoms with Crippen LogP contribution in [0, 0.1) is 10.1 Å². The second-order valence-electron chi connectivity index (χ2n) is 6.43. The van der Waals surface area contributed by atoms with E-state index in [0.29, 0.717) is 17.0 Å². The molecule has 0 radical (unpaired) electrons. The number of carbonyl (C=O) groups excluding carboxylic acids is 1. The normalized spacial score (nSPS) is 11.7. The molecule has 1 atom stereocenters. The Balaban J connectivity index is 1.59. The van der Waals surface area contributed by atoms with E-state index in [4.69, 9.17) is 16.0 Å². The lowest BCUT2D eigenvalue weighted by Crippen LogP contribution is -2.19. The number of hydrogen-bond acceptors (Lipinski definition) is 8. The molecule has 9 nitrogen and oxygen atoms in total. The summed E-state index contributed by atoms with van der Waals surface area (Å²) in [5.41, 5.74) is 1.35. The number of nitrogens with zero attached hydrogens (tertiary/aromatic N) is 4. The van der Waals surface area contributed by atoms with Gasteiger partial charge in [0.15, 0.2) is 0 Å². The average Bonchev–Trinajstić information content (AvgIpc) is 3.28. The Morgan fingerprint density at radius 2 is 1.84 bits per heavy atom. The fraction of sp³-hybridized carbons (Fsp3) is 0.0476. The van der Waals surface area contributed by atoms with Crippen molar-refractivity contribution in [2.45, 2.75) is 10.5 Å². The molecule has 0 saturated carbocycles. The minimum Gasteiger partial charge on any atom is -0.411 e. The van der Waals surface area contributed by atoms with Gasteiger partial charge in [-0.1, -0.05) is 41.9 Å². The monoisotopic (exact) mass is 467 g/mol. The number of aromatic nitrogens is 3. The second-order valence-corrected chi connectivity index (χ2v) is 7.89. The summed E-state index contributed by atoms with van der Waals surface area (Å²) in [6.45, 7) is 0. The topological polar surface area (TPSA) is 124 Å². The van der Waals surface area contributed by atoms with Crippen molar-refractivity contribution in [1.29, 1.82) is 0 Å². The van der Waals surface area contributed by atoms with E-state index in [2.05, 4.69) is 20.5 Å². The maximum absolute atomic E-state index is 13.1. The molecule has 2 aromatic carbocycles. The molecule has 1 amide bonds. The molecule has 1 N–H and O–H groups in total. The van der Waals surface area contributed by atoms with Gasteiger partial charge in [0.1, 0.15) is 10.3 Å². The highest BCUT2D eigenvalue weighted by molar-refractivity contribution is 8.00. The van der Waals surface area contributed by atoms with Crippen LogP contribution in [0.5, 0.6) is 0 Å². The summed E-state index contributed by atoms with van der Waals surface area (Å²) in [4.78, 5) is 27.6. The van der Waals surface area contributed by atoms with Crippen LogP contribution in [0.4, 0.5) is 11.4 Å². The number of thioether (sulfide) groups is 1. The van der Waals surface area contributed by atoms with Crippen molar-refractivity contribution in [1.82, 2.24) is 15.2 Å². The Morgan fingerprint density at radius 1 is 1.09 bits per heavy atom. The Kier molecular flexibility index (Phi) is 6.43. The molecule has 160 valence electrons. The average molecular weight is 468 g/mol. The van der Waals surface area contributed by atoms with Crippen molar-refractivity contribution >= 4 is 40.6 Å². The summed E-state index contributed by atoms with van der Waals surface area (Å²) in [6.07, 6.45) is 3.22. The van der Waals surface area contributed by atoms with E-state index in [1.54, 1.807) is 48.8 Å². The molecular weight excluding hydrogens is 454 g/mol. The first-order valence-electron chi connectivity index (χ1n) is 9.21. The third-order valence-corrected chi connectivity index (χ3v) is 5.71. The van der Waals surface area contributed by atoms with Gasteiger partial charge >= 0.3 is 0 Å². The quantitative estimate of drug-likeness (QED) is 0.224. The van der Waals surface area contributed by atoms with Gasteiger partial charge in [-0.2, -0.15) is 0 Å². The van der Waals surface area contributed by atoms with Crippen LogP contribution in [0.1, 0.15) is 10.8 Å². The molecule has 0 aliphatic rings. The van der Waals surface area contributed by atoms with E-state index in [1.807, 2.05) is 6.07 Å². The van der Waals surface area contributed by atoms with Crippen molar-refractivity contribution in [2.75, 3.05) is 5.32 Å². The molecule has 1 unspecified atom stereocenters. The first-order chi connectivity index (χ1) is 15.5. The number of amides is 1. The lowest BCUT2D eigenvalue weighted by atomic mass is 10.1. The zero-order chi connectivity index (χ0) is 22.5. The van der Waals surface area contributed by atoms with Gasteiger partial charge in [0, 0.05) is 29.7 Å². The fourth-order valence-corrected chi connectivity index (χ4v) is 3.87. The predicted octanol–water partition coefficient (Wildman–Crippen LogP) is 5.17. The molecule has 0 fully saturated rings. The first-order valence-corrected chi connectivity index (χ1v) is 10.5. The smallest absolute Gasteiger partial charge is 0.289 e. The Bertz CT molecular complexity index is 1250. The van der Waals surface area contributed by atoms with Crippen LogP contribution in [-0.2, 0) is 4.79 Å². The van der Waals surface area contributed by atoms with E-state index >= 15 is 0 Å². The molecular formula is C21H14ClN5O4S. The number of benzene rings is 2. The zero-order valence-electron chi connectivity index (χ0n) is 16.2. The zero-order valence-corrected chi connectivity index (χ0v) is 17.8. The molecule has 0 aliphatic heterocycles. The van der Waals surface area contributed by atoms with Crippen molar-refractivity contribution < 1.29 is 14.1 Å². The van der Waals surface area contributed by atoms with Gasteiger partial charge in [-0.3, -0.25) is 19.9 Å². The fourth-order valence-electron chi connectivity index (χ4n) is 2.81. The highest BCUT2D eigenvalue weighted by atomic mass is 35.5. The number of anilines is 1. The molecule has 11 heteroatoms. The van der Waals surface area contributed by atoms with E-state index in [-0.39, 0.29) is 21.6 Å². The molecule has 0 aliphatic carbocycles. The molecule has 4 rings (SSSR count). The summed E-state index contributed by atoms with van der Waals surface area (Å²) in [5, 5.41) is 21.3. The van der Waals surface area contributed by atoms with Crippen LogP contribution < -0.4 is 5.32 Å². The van der Waals surface area contributed by atoms with Crippen molar-refractivity contribution in [2.24, 2.45) is 0 Å². The minimum absolute atomic E-state index is 0.0171. The van der Waals surface area contributed by atoms with Gasteiger partial charge in [0.2, 0.25) is 11.8 Å². The van der Waals surface area contributed by atoms with E-state index in [9.17, 15) is 14.9 Å². The molecule has 4 aromatic rings. The number of halogens is 1. The SMILES string of the molecule is O=C(Nc1ccc(Cl)c([N+](=O)[O-])c1)C(Sc1nnc(-c2ccncc2)o1)c1ccccc1. The standard InChI is InChI=1S/C21H14ClN5O4S/c22-16-7-6-15(12-17(16)27(29)30)24-19(28)18(13-4-2-1-3-5-13)32-21-26-25-20(31-21)14-8-10-23-11-9-14/h1-12,18H,(H,24,28). The summed E-state index contributed by atoms with van der Waals surface area (Å²) in [6, 6.07) is 16.6. The van der Waals surface area contributed by atoms with Crippen molar-refractivity contribution in [3.63, 3.8) is 0 Å². The number of nitro groups is 1. The summed E-state index contributed by atoms with van der Waals surface area (Å²) in [5.74, 6) is -0.114. The maximum Gasteiger partial charge on any atom is 0.289 e. The van der Waals surface area contributed by atoms with Crippen LogP contribution in [-0.4, -0.2) is 26.0 Å². The largest absolute Gasteiger partial charge is 0.411 e. The van der Waals surface area contributed by atoms with Gasteiger partial charge in [0.25, 0.3) is 10.9 Å². The molecule has 32 heavy (non-hydrogen) atoms. The Labute approximate surface area is 191 Å². The van der Waals surface area contributed by atoms with Gasteiger partial charge in [-0.15, -0.1) is 10.2 Å². The number of nitro benzene ring substituents is 1. The summed E-state index contributed by atoms with van der Waals surface area (Å²) in [7, 11) is 0. The van der Waals surface area contributed by atoms with Gasteiger partial charge < -0.3 is 9.73 Å². The summed E-state index contributed by atoms with van der Waals surface area (Å²) >= 11 is 6.93. The number of carbonyl (C=O) groups is 1. The number of hydrogen-bond donors (Lipinski definition) is 1.